The van der Waals surface area contributed by atoms with Crippen LogP contribution >= 0.6 is 0 Å². The average molecular weight is 252 g/mol. The molecular formula is C14H21FN2O. The van der Waals surface area contributed by atoms with Crippen molar-refractivity contribution in [3.05, 3.63) is 35.6 Å². The molecule has 1 aliphatic rings. The van der Waals surface area contributed by atoms with E-state index >= 15 is 0 Å². The highest BCUT2D eigenvalue weighted by Crippen LogP contribution is 2.28. The van der Waals surface area contributed by atoms with Crippen LogP contribution in [-0.2, 0) is 11.3 Å². The summed E-state index contributed by atoms with van der Waals surface area (Å²) in [5.41, 5.74) is 6.74. The maximum Gasteiger partial charge on any atom is 0.127 e. The molecule has 0 bridgehead atoms. The minimum absolute atomic E-state index is 0.0417. The fourth-order valence-corrected chi connectivity index (χ4v) is 2.48. The summed E-state index contributed by atoms with van der Waals surface area (Å²) in [6.07, 6.45) is 0. The topological polar surface area (TPSA) is 38.5 Å². The molecule has 1 heterocycles. The molecule has 0 amide bonds. The summed E-state index contributed by atoms with van der Waals surface area (Å²) in [7, 11) is 1.99. The van der Waals surface area contributed by atoms with Gasteiger partial charge in [0.25, 0.3) is 0 Å². The van der Waals surface area contributed by atoms with Crippen LogP contribution in [0.3, 0.4) is 0 Å². The van der Waals surface area contributed by atoms with Gasteiger partial charge in [-0.25, -0.2) is 4.39 Å². The van der Waals surface area contributed by atoms with Crippen LogP contribution in [0.4, 0.5) is 4.39 Å². The van der Waals surface area contributed by atoms with Gasteiger partial charge in [0.2, 0.25) is 0 Å². The second kappa shape index (κ2) is 5.34. The molecule has 0 aromatic heterocycles. The Morgan fingerprint density at radius 2 is 2.22 bits per heavy atom. The minimum atomic E-state index is -0.151. The first-order valence-corrected chi connectivity index (χ1v) is 6.26. The predicted octanol–water partition coefficient (Wildman–Crippen LogP) is 1.62. The van der Waals surface area contributed by atoms with Gasteiger partial charge in [-0.1, -0.05) is 25.1 Å². The van der Waals surface area contributed by atoms with Gasteiger partial charge in [0, 0.05) is 30.1 Å². The van der Waals surface area contributed by atoms with Gasteiger partial charge in [0.05, 0.1) is 13.2 Å². The summed E-state index contributed by atoms with van der Waals surface area (Å²) in [6, 6.07) is 6.94. The van der Waals surface area contributed by atoms with E-state index in [1.54, 1.807) is 6.07 Å². The zero-order valence-electron chi connectivity index (χ0n) is 11.0. The first-order valence-electron chi connectivity index (χ1n) is 6.26. The molecule has 3 nitrogen and oxygen atoms in total. The molecule has 18 heavy (non-hydrogen) atoms. The van der Waals surface area contributed by atoms with Gasteiger partial charge in [0.1, 0.15) is 5.82 Å². The van der Waals surface area contributed by atoms with Gasteiger partial charge in [-0.15, -0.1) is 0 Å². The van der Waals surface area contributed by atoms with Crippen LogP contribution in [-0.4, -0.2) is 37.7 Å². The molecule has 1 fully saturated rings. The molecule has 2 N–H and O–H groups in total. The van der Waals surface area contributed by atoms with Gasteiger partial charge < -0.3 is 15.4 Å². The minimum Gasteiger partial charge on any atom is -0.379 e. The first kappa shape index (κ1) is 13.5. The number of nitrogens with two attached hydrogens (primary N) is 1. The van der Waals surface area contributed by atoms with Crippen LogP contribution in [0.15, 0.2) is 24.3 Å². The molecule has 0 radical (unpaired) electrons. The highest BCUT2D eigenvalue weighted by Gasteiger charge is 2.38. The van der Waals surface area contributed by atoms with Crippen LogP contribution in [0.5, 0.6) is 0 Å². The summed E-state index contributed by atoms with van der Waals surface area (Å²) < 4.78 is 19.0. The van der Waals surface area contributed by atoms with Crippen LogP contribution in [0, 0.1) is 11.2 Å². The summed E-state index contributed by atoms with van der Waals surface area (Å²) in [5.74, 6) is -0.151. The highest BCUT2D eigenvalue weighted by molar-refractivity contribution is 5.17. The quantitative estimate of drug-likeness (QED) is 0.885. The maximum absolute atomic E-state index is 13.6. The Balaban J connectivity index is 1.97. The molecule has 2 rings (SSSR count). The Kier molecular flexibility index (Phi) is 4.00. The molecule has 1 saturated heterocycles. The number of halogens is 1. The lowest BCUT2D eigenvalue weighted by Crippen LogP contribution is -2.45. The van der Waals surface area contributed by atoms with Crippen LogP contribution in [0.25, 0.3) is 0 Å². The van der Waals surface area contributed by atoms with E-state index in [9.17, 15) is 4.39 Å². The predicted molar refractivity (Wildman–Crippen MR) is 69.6 cm³/mol. The van der Waals surface area contributed by atoms with E-state index < -0.39 is 0 Å². The lowest BCUT2D eigenvalue weighted by Gasteiger charge is -2.32. The second-order valence-electron chi connectivity index (χ2n) is 5.54. The van der Waals surface area contributed by atoms with Gasteiger partial charge in [-0.05, 0) is 13.1 Å². The molecule has 0 saturated carbocycles. The van der Waals surface area contributed by atoms with Crippen molar-refractivity contribution in [1.82, 2.24) is 4.90 Å². The van der Waals surface area contributed by atoms with Crippen LogP contribution in [0.1, 0.15) is 12.5 Å². The Labute approximate surface area is 108 Å². The van der Waals surface area contributed by atoms with Gasteiger partial charge in [0.15, 0.2) is 0 Å². The average Bonchev–Trinajstić information content (AvgIpc) is 2.62. The molecule has 4 heteroatoms. The standard InChI is InChI=1S/C14H21FN2O/c1-14(10-18-8-13(14)16)9-17(2)7-11-5-3-4-6-12(11)15/h3-6,13H,7-10,16H2,1-2H3. The number of hydrogen-bond donors (Lipinski definition) is 1. The largest absolute Gasteiger partial charge is 0.379 e. The summed E-state index contributed by atoms with van der Waals surface area (Å²) in [6.45, 7) is 4.82. The number of ether oxygens (including phenoxy) is 1. The second-order valence-corrected chi connectivity index (χ2v) is 5.54. The summed E-state index contributed by atoms with van der Waals surface area (Å²) in [4.78, 5) is 2.10. The van der Waals surface area contributed by atoms with Crippen molar-refractivity contribution in [2.75, 3.05) is 26.8 Å². The Morgan fingerprint density at radius 1 is 1.50 bits per heavy atom. The molecular weight excluding hydrogens is 231 g/mol. The van der Waals surface area contributed by atoms with Crippen molar-refractivity contribution in [3.63, 3.8) is 0 Å². The third kappa shape index (κ3) is 2.88. The lowest BCUT2D eigenvalue weighted by atomic mass is 9.85. The number of benzene rings is 1. The van der Waals surface area contributed by atoms with Crippen LogP contribution in [0.2, 0.25) is 0 Å². The zero-order chi connectivity index (χ0) is 13.2. The Bertz CT molecular complexity index is 413. The van der Waals surface area contributed by atoms with Crippen molar-refractivity contribution in [3.8, 4) is 0 Å². The highest BCUT2D eigenvalue weighted by atomic mass is 19.1. The fraction of sp³-hybridized carbons (Fsp3) is 0.571. The van der Waals surface area contributed by atoms with Gasteiger partial charge in [-0.3, -0.25) is 0 Å². The van der Waals surface area contributed by atoms with Crippen molar-refractivity contribution >= 4 is 0 Å². The molecule has 1 aliphatic heterocycles. The SMILES string of the molecule is CN(Cc1ccccc1F)CC1(C)COCC1N. The summed E-state index contributed by atoms with van der Waals surface area (Å²) >= 11 is 0. The van der Waals surface area contributed by atoms with Crippen LogP contribution < -0.4 is 5.73 Å². The summed E-state index contributed by atoms with van der Waals surface area (Å²) in [5, 5.41) is 0. The third-order valence-electron chi connectivity index (χ3n) is 3.65. The lowest BCUT2D eigenvalue weighted by molar-refractivity contribution is 0.127. The van der Waals surface area contributed by atoms with E-state index in [0.717, 1.165) is 12.1 Å². The van der Waals surface area contributed by atoms with E-state index in [1.807, 2.05) is 19.2 Å². The van der Waals surface area contributed by atoms with Gasteiger partial charge >= 0.3 is 0 Å². The van der Waals surface area contributed by atoms with E-state index in [0.29, 0.717) is 19.8 Å². The third-order valence-corrected chi connectivity index (χ3v) is 3.65. The van der Waals surface area contributed by atoms with Crippen molar-refractivity contribution < 1.29 is 9.13 Å². The fourth-order valence-electron chi connectivity index (χ4n) is 2.48. The monoisotopic (exact) mass is 252 g/mol. The van der Waals surface area contributed by atoms with Crippen molar-refractivity contribution in [2.45, 2.75) is 19.5 Å². The van der Waals surface area contributed by atoms with E-state index in [4.69, 9.17) is 10.5 Å². The van der Waals surface area contributed by atoms with Crippen molar-refractivity contribution in [2.24, 2.45) is 11.1 Å². The molecule has 0 aliphatic carbocycles. The Hall–Kier alpha value is -0.970. The molecule has 2 unspecified atom stereocenters. The molecule has 0 spiro atoms. The normalized spacial score (nSPS) is 27.9. The smallest absolute Gasteiger partial charge is 0.127 e. The molecule has 100 valence electrons. The zero-order valence-corrected chi connectivity index (χ0v) is 11.0. The van der Waals surface area contributed by atoms with Gasteiger partial charge in [-0.2, -0.15) is 0 Å². The maximum atomic E-state index is 13.6. The Morgan fingerprint density at radius 3 is 2.83 bits per heavy atom. The number of rotatable bonds is 4. The van der Waals surface area contributed by atoms with E-state index in [-0.39, 0.29) is 17.3 Å². The van der Waals surface area contributed by atoms with E-state index in [1.165, 1.54) is 6.07 Å². The molecule has 1 aromatic carbocycles. The number of nitrogens with zero attached hydrogens (tertiary/aromatic N) is 1. The molecule has 1 aromatic rings. The first-order chi connectivity index (χ1) is 8.51. The van der Waals surface area contributed by atoms with Crippen molar-refractivity contribution in [1.29, 1.82) is 0 Å². The van der Waals surface area contributed by atoms with E-state index in [2.05, 4.69) is 11.8 Å². The molecule has 2 atom stereocenters. The number of hydrogen-bond acceptors (Lipinski definition) is 3.